The fourth-order valence-electron chi connectivity index (χ4n) is 4.63. The maximum absolute atomic E-state index is 12.7. The average Bonchev–Trinajstić information content (AvgIpc) is 3.34. The van der Waals surface area contributed by atoms with Gasteiger partial charge < -0.3 is 24.4 Å². The van der Waals surface area contributed by atoms with Crippen molar-refractivity contribution in [3.63, 3.8) is 0 Å². The lowest BCUT2D eigenvalue weighted by atomic mass is 9.84. The number of aliphatic hydroxyl groups excluding tert-OH is 2. The molecule has 2 aliphatic heterocycles. The van der Waals surface area contributed by atoms with Crippen LogP contribution in [0.5, 0.6) is 0 Å². The number of benzene rings is 1. The predicted molar refractivity (Wildman–Crippen MR) is 112 cm³/mol. The summed E-state index contributed by atoms with van der Waals surface area (Å²) in [5.41, 5.74) is 0.899. The zero-order valence-corrected chi connectivity index (χ0v) is 18.0. The molecule has 2 N–H and O–H groups in total. The van der Waals surface area contributed by atoms with E-state index in [1.807, 2.05) is 30.3 Å². The van der Waals surface area contributed by atoms with Gasteiger partial charge in [0.2, 0.25) is 0 Å². The summed E-state index contributed by atoms with van der Waals surface area (Å²) < 4.78 is 16.7. The average molecular weight is 422 g/mol. The van der Waals surface area contributed by atoms with E-state index in [1.54, 1.807) is 0 Å². The van der Waals surface area contributed by atoms with Crippen LogP contribution in [0.1, 0.15) is 38.7 Å². The zero-order chi connectivity index (χ0) is 21.5. The van der Waals surface area contributed by atoms with Gasteiger partial charge in [-0.15, -0.1) is 0 Å². The molecule has 1 amide bonds. The van der Waals surface area contributed by atoms with E-state index in [0.29, 0.717) is 31.6 Å². The summed E-state index contributed by atoms with van der Waals surface area (Å²) in [4.78, 5) is 14.1. The summed E-state index contributed by atoms with van der Waals surface area (Å²) in [5, 5.41) is 20.6. The number of hydrogen-bond acceptors (Lipinski definition) is 6. The maximum atomic E-state index is 12.7. The molecule has 2 fully saturated rings. The molecule has 7 nitrogen and oxygen atoms in total. The molecule has 0 aliphatic carbocycles. The molecule has 0 bridgehead atoms. The van der Waals surface area contributed by atoms with Crippen molar-refractivity contribution in [2.75, 3.05) is 26.4 Å². The Labute approximate surface area is 178 Å². The van der Waals surface area contributed by atoms with Gasteiger partial charge in [0.15, 0.2) is 6.29 Å². The Balaban J connectivity index is 1.59. The highest BCUT2D eigenvalue weighted by atomic mass is 16.7. The highest BCUT2D eigenvalue weighted by Crippen LogP contribution is 2.34. The smallest absolute Gasteiger partial charge is 0.410 e. The maximum Gasteiger partial charge on any atom is 0.410 e. The molecule has 1 unspecified atom stereocenters. The first-order valence-corrected chi connectivity index (χ1v) is 11.0. The van der Waals surface area contributed by atoms with Crippen LogP contribution in [0.25, 0.3) is 0 Å². The van der Waals surface area contributed by atoms with E-state index >= 15 is 0 Å². The van der Waals surface area contributed by atoms with Gasteiger partial charge in [0.05, 0.1) is 32.0 Å². The van der Waals surface area contributed by atoms with Crippen molar-refractivity contribution in [3.05, 3.63) is 35.9 Å². The number of ether oxygens (including phenoxy) is 3. The SMILES string of the molecule is CC(C)C[C@H](CC1OCCO1)CC1CN(C(=O)OCc2ccccc2)[C@H](CO)[C@@H]1O. The molecule has 0 saturated carbocycles. The highest BCUT2D eigenvalue weighted by Gasteiger charge is 2.44. The van der Waals surface area contributed by atoms with Crippen LogP contribution in [-0.2, 0) is 20.8 Å². The third-order valence-electron chi connectivity index (χ3n) is 5.99. The topological polar surface area (TPSA) is 88.5 Å². The number of likely N-dealkylation sites (tertiary alicyclic amines) is 1. The lowest BCUT2D eigenvalue weighted by molar-refractivity contribution is -0.0615. The minimum absolute atomic E-state index is 0.114. The second-order valence-electron chi connectivity index (χ2n) is 8.83. The second kappa shape index (κ2) is 11.1. The third-order valence-corrected chi connectivity index (χ3v) is 5.99. The molecular weight excluding hydrogens is 386 g/mol. The van der Waals surface area contributed by atoms with Gasteiger partial charge in [0.25, 0.3) is 0 Å². The first kappa shape index (κ1) is 23.0. The molecule has 0 spiro atoms. The van der Waals surface area contributed by atoms with Gasteiger partial charge in [-0.05, 0) is 30.2 Å². The Morgan fingerprint density at radius 2 is 1.90 bits per heavy atom. The molecular formula is C23H35NO6. The van der Waals surface area contributed by atoms with Crippen molar-refractivity contribution < 1.29 is 29.2 Å². The first-order chi connectivity index (χ1) is 14.5. The first-order valence-electron chi connectivity index (χ1n) is 11.0. The molecule has 1 aromatic rings. The van der Waals surface area contributed by atoms with E-state index in [4.69, 9.17) is 14.2 Å². The lowest BCUT2D eigenvalue weighted by Gasteiger charge is -2.26. The predicted octanol–water partition coefficient (Wildman–Crippen LogP) is 2.79. The van der Waals surface area contributed by atoms with Gasteiger partial charge in [-0.2, -0.15) is 0 Å². The van der Waals surface area contributed by atoms with Crippen molar-refractivity contribution in [2.24, 2.45) is 17.8 Å². The van der Waals surface area contributed by atoms with E-state index in [9.17, 15) is 15.0 Å². The third kappa shape index (κ3) is 6.17. The fraction of sp³-hybridized carbons (Fsp3) is 0.696. The summed E-state index contributed by atoms with van der Waals surface area (Å²) in [5.74, 6) is 0.708. The van der Waals surface area contributed by atoms with Crippen LogP contribution in [-0.4, -0.2) is 66.0 Å². The molecule has 0 aromatic heterocycles. The van der Waals surface area contributed by atoms with Gasteiger partial charge in [-0.1, -0.05) is 44.2 Å². The molecule has 0 radical (unpaired) electrons. The van der Waals surface area contributed by atoms with Crippen molar-refractivity contribution >= 4 is 6.09 Å². The van der Waals surface area contributed by atoms with Crippen LogP contribution in [0, 0.1) is 17.8 Å². The Morgan fingerprint density at radius 3 is 2.53 bits per heavy atom. The van der Waals surface area contributed by atoms with Gasteiger partial charge in [0, 0.05) is 18.9 Å². The van der Waals surface area contributed by atoms with Crippen LogP contribution in [0.3, 0.4) is 0 Å². The molecule has 7 heteroatoms. The Bertz CT molecular complexity index is 648. The summed E-state index contributed by atoms with van der Waals surface area (Å²) in [6.07, 6.45) is 1.06. The number of amides is 1. The number of nitrogens with zero attached hydrogens (tertiary/aromatic N) is 1. The largest absolute Gasteiger partial charge is 0.445 e. The van der Waals surface area contributed by atoms with Crippen molar-refractivity contribution in [2.45, 2.75) is 58.2 Å². The van der Waals surface area contributed by atoms with Gasteiger partial charge >= 0.3 is 6.09 Å². The standard InChI is InChI=1S/C23H35NO6/c1-16(2)10-18(12-21-28-8-9-29-21)11-19-13-24(20(14-25)22(19)26)23(27)30-15-17-6-4-3-5-7-17/h3-7,16,18-22,25-26H,8-15H2,1-2H3/t18-,19?,20+,22+/m0/s1. The number of carbonyl (C=O) groups is 1. The number of rotatable bonds is 9. The molecule has 168 valence electrons. The summed E-state index contributed by atoms with van der Waals surface area (Å²) in [6.45, 7) is 5.86. The Morgan fingerprint density at radius 1 is 1.20 bits per heavy atom. The van der Waals surface area contributed by atoms with Crippen molar-refractivity contribution in [1.29, 1.82) is 0 Å². The van der Waals surface area contributed by atoms with Crippen LogP contribution in [0.4, 0.5) is 4.79 Å². The van der Waals surface area contributed by atoms with Gasteiger partial charge in [-0.3, -0.25) is 4.90 Å². The summed E-state index contributed by atoms with van der Waals surface area (Å²) in [7, 11) is 0. The molecule has 30 heavy (non-hydrogen) atoms. The number of carbonyl (C=O) groups excluding carboxylic acids is 1. The van der Waals surface area contributed by atoms with Crippen LogP contribution in [0.2, 0.25) is 0 Å². The highest BCUT2D eigenvalue weighted by molar-refractivity contribution is 5.68. The zero-order valence-electron chi connectivity index (χ0n) is 18.0. The summed E-state index contributed by atoms with van der Waals surface area (Å²) in [6, 6.07) is 8.83. The second-order valence-corrected chi connectivity index (χ2v) is 8.83. The van der Waals surface area contributed by atoms with E-state index in [2.05, 4.69) is 13.8 Å². The van der Waals surface area contributed by atoms with Crippen molar-refractivity contribution in [3.8, 4) is 0 Å². The molecule has 1 aromatic carbocycles. The quantitative estimate of drug-likeness (QED) is 0.637. The van der Waals surface area contributed by atoms with Crippen molar-refractivity contribution in [1.82, 2.24) is 4.90 Å². The summed E-state index contributed by atoms with van der Waals surface area (Å²) >= 11 is 0. The molecule has 3 rings (SSSR count). The minimum atomic E-state index is -0.778. The Kier molecular flexibility index (Phi) is 8.50. The molecule has 2 saturated heterocycles. The Hall–Kier alpha value is -1.67. The van der Waals surface area contributed by atoms with E-state index in [1.165, 1.54) is 4.90 Å². The number of hydrogen-bond donors (Lipinski definition) is 2. The van der Waals surface area contributed by atoms with Crippen LogP contribution >= 0.6 is 0 Å². The minimum Gasteiger partial charge on any atom is -0.445 e. The van der Waals surface area contributed by atoms with E-state index in [0.717, 1.165) is 24.8 Å². The molecule has 2 heterocycles. The normalized spacial score (nSPS) is 25.8. The van der Waals surface area contributed by atoms with Crippen LogP contribution in [0.15, 0.2) is 30.3 Å². The lowest BCUT2D eigenvalue weighted by Crippen LogP contribution is -2.42. The van der Waals surface area contributed by atoms with Gasteiger partial charge in [-0.25, -0.2) is 4.79 Å². The van der Waals surface area contributed by atoms with E-state index in [-0.39, 0.29) is 25.4 Å². The molecule has 4 atom stereocenters. The van der Waals surface area contributed by atoms with Crippen LogP contribution < -0.4 is 0 Å². The van der Waals surface area contributed by atoms with Gasteiger partial charge in [0.1, 0.15) is 6.61 Å². The monoisotopic (exact) mass is 421 g/mol. The van der Waals surface area contributed by atoms with E-state index < -0.39 is 18.2 Å². The fourth-order valence-corrected chi connectivity index (χ4v) is 4.63. The number of aliphatic hydroxyl groups is 2. The molecule has 2 aliphatic rings.